The number of benzene rings is 1. The Kier molecular flexibility index (Phi) is 7.96. The van der Waals surface area contributed by atoms with Crippen LogP contribution in [-0.2, 0) is 25.5 Å². The Balaban J connectivity index is 2.48. The van der Waals surface area contributed by atoms with Crippen LogP contribution in [0.15, 0.2) is 28.7 Å². The van der Waals surface area contributed by atoms with Crippen LogP contribution in [0.4, 0.5) is 0 Å². The predicted molar refractivity (Wildman–Crippen MR) is 81.7 cm³/mol. The molecule has 0 fully saturated rings. The van der Waals surface area contributed by atoms with E-state index in [4.69, 9.17) is 15.2 Å². The molecule has 0 bridgehead atoms. The fourth-order valence-electron chi connectivity index (χ4n) is 1.62. The van der Waals surface area contributed by atoms with Crippen LogP contribution < -0.4 is 11.1 Å². The summed E-state index contributed by atoms with van der Waals surface area (Å²) in [5, 5.41) is 2.57. The lowest BCUT2D eigenvalue weighted by Crippen LogP contribution is -2.47. The van der Waals surface area contributed by atoms with Crippen molar-refractivity contribution in [1.82, 2.24) is 5.32 Å². The molecule has 0 aliphatic carbocycles. The van der Waals surface area contributed by atoms with Crippen LogP contribution in [-0.4, -0.2) is 44.8 Å². The second kappa shape index (κ2) is 9.49. The number of ether oxygens (including phenoxy) is 2. The number of hydrogen-bond acceptors (Lipinski definition) is 4. The van der Waals surface area contributed by atoms with Crippen molar-refractivity contribution in [2.45, 2.75) is 12.5 Å². The van der Waals surface area contributed by atoms with Crippen molar-refractivity contribution in [2.24, 2.45) is 5.73 Å². The van der Waals surface area contributed by atoms with Gasteiger partial charge in [0.2, 0.25) is 11.8 Å². The number of rotatable bonds is 9. The van der Waals surface area contributed by atoms with Crippen LogP contribution in [0.25, 0.3) is 0 Å². The number of halogens is 1. The molecule has 0 radical (unpaired) electrons. The Morgan fingerprint density at radius 3 is 2.52 bits per heavy atom. The van der Waals surface area contributed by atoms with E-state index in [1.165, 1.54) is 0 Å². The van der Waals surface area contributed by atoms with Crippen molar-refractivity contribution >= 4 is 27.7 Å². The molecule has 1 atom stereocenters. The average molecular weight is 359 g/mol. The minimum atomic E-state index is -0.760. The highest BCUT2D eigenvalue weighted by Crippen LogP contribution is 2.11. The molecular formula is C14H19BrN2O4. The molecular weight excluding hydrogens is 340 g/mol. The summed E-state index contributed by atoms with van der Waals surface area (Å²) < 4.78 is 10.8. The van der Waals surface area contributed by atoms with Gasteiger partial charge in [0.25, 0.3) is 0 Å². The lowest BCUT2D eigenvalue weighted by molar-refractivity contribution is -0.130. The Morgan fingerprint density at radius 2 is 1.95 bits per heavy atom. The summed E-state index contributed by atoms with van der Waals surface area (Å²) in [6.45, 7) is 0.594. The molecule has 1 aromatic rings. The first-order valence-corrected chi connectivity index (χ1v) is 7.22. The summed E-state index contributed by atoms with van der Waals surface area (Å²) in [7, 11) is 1.55. The number of carbonyl (C=O) groups excluding carboxylic acids is 2. The van der Waals surface area contributed by atoms with Crippen molar-refractivity contribution in [3.8, 4) is 0 Å². The number of amides is 2. The van der Waals surface area contributed by atoms with Gasteiger partial charge in [-0.25, -0.2) is 0 Å². The zero-order valence-corrected chi connectivity index (χ0v) is 13.4. The molecule has 6 nitrogen and oxygen atoms in total. The van der Waals surface area contributed by atoms with Gasteiger partial charge in [0.15, 0.2) is 0 Å². The third kappa shape index (κ3) is 7.22. The molecule has 0 heterocycles. The molecule has 0 saturated carbocycles. The number of nitrogens with one attached hydrogen (secondary N) is 1. The number of methoxy groups -OCH3 is 1. The van der Waals surface area contributed by atoms with Gasteiger partial charge in [0.1, 0.15) is 12.6 Å². The lowest BCUT2D eigenvalue weighted by Gasteiger charge is -2.15. The van der Waals surface area contributed by atoms with Gasteiger partial charge in [0.05, 0.1) is 13.2 Å². The van der Waals surface area contributed by atoms with Crippen LogP contribution in [0.2, 0.25) is 0 Å². The van der Waals surface area contributed by atoms with Crippen LogP contribution in [0.1, 0.15) is 5.56 Å². The highest BCUT2D eigenvalue weighted by molar-refractivity contribution is 9.10. The van der Waals surface area contributed by atoms with E-state index >= 15 is 0 Å². The van der Waals surface area contributed by atoms with Gasteiger partial charge >= 0.3 is 0 Å². The second-order valence-electron chi connectivity index (χ2n) is 4.40. The highest BCUT2D eigenvalue weighted by Gasteiger charge is 2.18. The van der Waals surface area contributed by atoms with E-state index in [-0.39, 0.29) is 12.5 Å². The third-order valence-corrected chi connectivity index (χ3v) is 3.23. The first-order valence-electron chi connectivity index (χ1n) is 6.42. The molecule has 1 rings (SSSR count). The van der Waals surface area contributed by atoms with Gasteiger partial charge in [-0.3, -0.25) is 9.59 Å². The second-order valence-corrected chi connectivity index (χ2v) is 5.31. The van der Waals surface area contributed by atoms with Crippen LogP contribution in [0.3, 0.4) is 0 Å². The van der Waals surface area contributed by atoms with Crippen molar-refractivity contribution < 1.29 is 19.1 Å². The first-order chi connectivity index (χ1) is 10.0. The highest BCUT2D eigenvalue weighted by atomic mass is 79.9. The van der Waals surface area contributed by atoms with Gasteiger partial charge in [-0.2, -0.15) is 0 Å². The van der Waals surface area contributed by atoms with E-state index in [9.17, 15) is 9.59 Å². The minimum absolute atomic E-state index is 0.131. The van der Waals surface area contributed by atoms with E-state index in [2.05, 4.69) is 21.2 Å². The van der Waals surface area contributed by atoms with Crippen LogP contribution >= 0.6 is 15.9 Å². The number of carbonyl (C=O) groups is 2. The smallest absolute Gasteiger partial charge is 0.246 e. The van der Waals surface area contributed by atoms with E-state index in [0.717, 1.165) is 10.0 Å². The molecule has 3 N–H and O–H groups in total. The number of nitrogens with two attached hydrogens (primary N) is 1. The van der Waals surface area contributed by atoms with Gasteiger partial charge in [0, 0.05) is 18.0 Å². The zero-order chi connectivity index (χ0) is 15.7. The van der Waals surface area contributed by atoms with E-state index in [0.29, 0.717) is 19.6 Å². The summed E-state index contributed by atoms with van der Waals surface area (Å²) in [5.41, 5.74) is 6.22. The third-order valence-electron chi connectivity index (χ3n) is 2.70. The normalized spacial score (nSPS) is 11.9. The molecule has 0 aliphatic rings. The quantitative estimate of drug-likeness (QED) is 0.633. The van der Waals surface area contributed by atoms with Crippen molar-refractivity contribution in [1.29, 1.82) is 0 Å². The van der Waals surface area contributed by atoms with Gasteiger partial charge in [-0.05, 0) is 17.7 Å². The summed E-state index contributed by atoms with van der Waals surface area (Å²) in [4.78, 5) is 23.1. The maximum Gasteiger partial charge on any atom is 0.246 e. The molecule has 7 heteroatoms. The molecule has 0 aliphatic heterocycles. The van der Waals surface area contributed by atoms with E-state index in [1.807, 2.05) is 24.3 Å². The Morgan fingerprint density at radius 1 is 1.29 bits per heavy atom. The van der Waals surface area contributed by atoms with E-state index in [1.54, 1.807) is 7.11 Å². The summed E-state index contributed by atoms with van der Waals surface area (Å²) in [6.07, 6.45) is 0.340. The molecule has 21 heavy (non-hydrogen) atoms. The monoisotopic (exact) mass is 358 g/mol. The molecule has 2 amide bonds. The maximum absolute atomic E-state index is 11.7. The Labute approximate surface area is 132 Å². The lowest BCUT2D eigenvalue weighted by atomic mass is 10.1. The van der Waals surface area contributed by atoms with E-state index < -0.39 is 11.9 Å². The molecule has 0 aromatic heterocycles. The molecule has 0 unspecified atom stereocenters. The van der Waals surface area contributed by atoms with Crippen molar-refractivity contribution in [2.75, 3.05) is 26.9 Å². The van der Waals surface area contributed by atoms with Crippen molar-refractivity contribution in [3.63, 3.8) is 0 Å². The zero-order valence-electron chi connectivity index (χ0n) is 11.8. The molecule has 0 spiro atoms. The number of primary amides is 1. The molecule has 1 aromatic carbocycles. The van der Waals surface area contributed by atoms with Crippen molar-refractivity contribution in [3.05, 3.63) is 34.3 Å². The van der Waals surface area contributed by atoms with Gasteiger partial charge < -0.3 is 20.5 Å². The fraction of sp³-hybridized carbons (Fsp3) is 0.429. The first kappa shape index (κ1) is 17.6. The van der Waals surface area contributed by atoms with Crippen LogP contribution in [0.5, 0.6) is 0 Å². The largest absolute Gasteiger partial charge is 0.382 e. The van der Waals surface area contributed by atoms with Gasteiger partial charge in [-0.15, -0.1) is 0 Å². The van der Waals surface area contributed by atoms with Crippen LogP contribution in [0, 0.1) is 0 Å². The SMILES string of the molecule is COCCOCC(=O)N[C@@H](Cc1ccc(Br)cc1)C(N)=O. The summed E-state index contributed by atoms with van der Waals surface area (Å²) >= 11 is 3.33. The number of hydrogen-bond donors (Lipinski definition) is 2. The maximum atomic E-state index is 11.7. The summed E-state index contributed by atoms with van der Waals surface area (Å²) in [5.74, 6) is -0.963. The molecule has 116 valence electrons. The molecule has 0 saturated heterocycles. The minimum Gasteiger partial charge on any atom is -0.382 e. The van der Waals surface area contributed by atoms with Gasteiger partial charge in [-0.1, -0.05) is 28.1 Å². The predicted octanol–water partition coefficient (Wildman–Crippen LogP) is 0.625. The topological polar surface area (TPSA) is 90.7 Å². The standard InChI is InChI=1S/C14H19BrN2O4/c1-20-6-7-21-9-13(18)17-12(14(16)19)8-10-2-4-11(15)5-3-10/h2-5,12H,6-9H2,1H3,(H2,16,19)(H,17,18)/t12-/m0/s1. The average Bonchev–Trinajstić information content (AvgIpc) is 2.45. The fourth-order valence-corrected chi connectivity index (χ4v) is 1.89. The Bertz CT molecular complexity index is 465. The Hall–Kier alpha value is -1.44. The summed E-state index contributed by atoms with van der Waals surface area (Å²) in [6, 6.07) is 6.69.